The molecule has 2 aromatic heterocycles. The average molecular weight is 208 g/mol. The lowest BCUT2D eigenvalue weighted by atomic mass is 10.3. The van der Waals surface area contributed by atoms with E-state index < -0.39 is 0 Å². The van der Waals surface area contributed by atoms with Crippen molar-refractivity contribution >= 4 is 17.9 Å². The molecule has 0 spiro atoms. The van der Waals surface area contributed by atoms with Crippen LogP contribution >= 0.6 is 11.6 Å². The number of nitrogens with zero attached hydrogens (tertiary/aromatic N) is 3. The van der Waals surface area contributed by atoms with Crippen LogP contribution in [0.1, 0.15) is 10.5 Å². The fourth-order valence-electron chi connectivity index (χ4n) is 1.05. The molecule has 0 aliphatic rings. The highest BCUT2D eigenvalue weighted by molar-refractivity contribution is 6.29. The highest BCUT2D eigenvalue weighted by Gasteiger charge is 1.99. The van der Waals surface area contributed by atoms with Gasteiger partial charge in [0.1, 0.15) is 5.69 Å². The van der Waals surface area contributed by atoms with Gasteiger partial charge < -0.3 is 0 Å². The summed E-state index contributed by atoms with van der Waals surface area (Å²) in [4.78, 5) is 14.3. The van der Waals surface area contributed by atoms with Crippen LogP contribution < -0.4 is 0 Å². The third-order valence-electron chi connectivity index (χ3n) is 1.71. The second-order valence-corrected chi connectivity index (χ2v) is 3.03. The summed E-state index contributed by atoms with van der Waals surface area (Å²) >= 11 is 5.66. The molecule has 2 rings (SSSR count). The van der Waals surface area contributed by atoms with E-state index >= 15 is 0 Å². The Morgan fingerprint density at radius 1 is 1.36 bits per heavy atom. The summed E-state index contributed by atoms with van der Waals surface area (Å²) in [5.74, 6) is 0. The van der Waals surface area contributed by atoms with Gasteiger partial charge in [-0.25, -0.2) is 4.68 Å². The van der Waals surface area contributed by atoms with Crippen LogP contribution in [0.3, 0.4) is 0 Å². The molecule has 0 aliphatic heterocycles. The lowest BCUT2D eigenvalue weighted by Crippen LogP contribution is -1.96. The minimum atomic E-state index is 0.395. The molecule has 0 amide bonds. The number of aromatic nitrogens is 3. The zero-order chi connectivity index (χ0) is 9.97. The van der Waals surface area contributed by atoms with Crippen LogP contribution in [-0.2, 0) is 0 Å². The SMILES string of the molecule is O=Cc1ccc(-n2ccc(Cl)n2)cn1. The Morgan fingerprint density at radius 2 is 2.21 bits per heavy atom. The number of aldehydes is 1. The van der Waals surface area contributed by atoms with Gasteiger partial charge in [-0.3, -0.25) is 9.78 Å². The van der Waals surface area contributed by atoms with Gasteiger partial charge in [0.05, 0.1) is 11.9 Å². The summed E-state index contributed by atoms with van der Waals surface area (Å²) in [6.07, 6.45) is 3.98. The molecule has 4 nitrogen and oxygen atoms in total. The minimum absolute atomic E-state index is 0.395. The quantitative estimate of drug-likeness (QED) is 0.705. The van der Waals surface area contributed by atoms with E-state index in [4.69, 9.17) is 11.6 Å². The number of halogens is 1. The molecule has 0 N–H and O–H groups in total. The molecule has 0 radical (unpaired) electrons. The largest absolute Gasteiger partial charge is 0.296 e. The third-order valence-corrected chi connectivity index (χ3v) is 1.91. The van der Waals surface area contributed by atoms with E-state index in [2.05, 4.69) is 10.1 Å². The Labute approximate surface area is 85.1 Å². The summed E-state index contributed by atoms with van der Waals surface area (Å²) in [5.41, 5.74) is 1.16. The molecule has 0 fully saturated rings. The second kappa shape index (κ2) is 3.59. The lowest BCUT2D eigenvalue weighted by Gasteiger charge is -1.99. The molecule has 0 unspecified atom stereocenters. The van der Waals surface area contributed by atoms with E-state index in [9.17, 15) is 4.79 Å². The van der Waals surface area contributed by atoms with E-state index in [0.717, 1.165) is 5.69 Å². The molecule has 0 aromatic carbocycles. The third kappa shape index (κ3) is 1.65. The molecule has 5 heteroatoms. The van der Waals surface area contributed by atoms with Crippen molar-refractivity contribution in [3.8, 4) is 5.69 Å². The van der Waals surface area contributed by atoms with Gasteiger partial charge in [-0.15, -0.1) is 0 Å². The molecule has 2 heterocycles. The number of carbonyl (C=O) groups excluding carboxylic acids is 1. The first-order chi connectivity index (χ1) is 6.79. The molecular formula is C9H6ClN3O. The highest BCUT2D eigenvalue weighted by atomic mass is 35.5. The van der Waals surface area contributed by atoms with Crippen LogP contribution in [-0.4, -0.2) is 21.1 Å². The van der Waals surface area contributed by atoms with E-state index in [1.807, 2.05) is 0 Å². The molecule has 0 aliphatic carbocycles. The Morgan fingerprint density at radius 3 is 2.71 bits per heavy atom. The predicted molar refractivity (Wildman–Crippen MR) is 51.8 cm³/mol. The van der Waals surface area contributed by atoms with Crippen molar-refractivity contribution in [3.05, 3.63) is 41.4 Å². The van der Waals surface area contributed by atoms with Crippen LogP contribution in [0.4, 0.5) is 0 Å². The molecule has 70 valence electrons. The summed E-state index contributed by atoms with van der Waals surface area (Å²) in [6, 6.07) is 5.05. The molecule has 14 heavy (non-hydrogen) atoms. The summed E-state index contributed by atoms with van der Waals surface area (Å²) in [5, 5.41) is 4.41. The number of hydrogen-bond donors (Lipinski definition) is 0. The van der Waals surface area contributed by atoms with E-state index in [0.29, 0.717) is 17.1 Å². The van der Waals surface area contributed by atoms with E-state index in [1.54, 1.807) is 35.3 Å². The van der Waals surface area contributed by atoms with Gasteiger partial charge in [-0.05, 0) is 18.2 Å². The first-order valence-corrected chi connectivity index (χ1v) is 4.30. The van der Waals surface area contributed by atoms with Crippen LogP contribution in [0.5, 0.6) is 0 Å². The molecule has 0 atom stereocenters. The van der Waals surface area contributed by atoms with Crippen molar-refractivity contribution in [3.63, 3.8) is 0 Å². The van der Waals surface area contributed by atoms with Gasteiger partial charge in [-0.1, -0.05) is 11.6 Å². The Bertz CT molecular complexity index is 449. The van der Waals surface area contributed by atoms with Crippen molar-refractivity contribution in [2.75, 3.05) is 0 Å². The van der Waals surface area contributed by atoms with E-state index in [1.165, 1.54) is 0 Å². The van der Waals surface area contributed by atoms with Crippen LogP contribution in [0.25, 0.3) is 5.69 Å². The minimum Gasteiger partial charge on any atom is -0.296 e. The zero-order valence-corrected chi connectivity index (χ0v) is 7.85. The lowest BCUT2D eigenvalue weighted by molar-refractivity contribution is 0.111. The van der Waals surface area contributed by atoms with Crippen LogP contribution in [0, 0.1) is 0 Å². The highest BCUT2D eigenvalue weighted by Crippen LogP contribution is 2.09. The van der Waals surface area contributed by atoms with Crippen molar-refractivity contribution in [2.45, 2.75) is 0 Å². The van der Waals surface area contributed by atoms with Gasteiger partial charge in [0.15, 0.2) is 11.4 Å². The average Bonchev–Trinajstić information content (AvgIpc) is 2.65. The van der Waals surface area contributed by atoms with Crippen molar-refractivity contribution in [1.29, 1.82) is 0 Å². The fourth-order valence-corrected chi connectivity index (χ4v) is 1.19. The smallest absolute Gasteiger partial charge is 0.168 e. The topological polar surface area (TPSA) is 47.8 Å². The second-order valence-electron chi connectivity index (χ2n) is 2.64. The van der Waals surface area contributed by atoms with E-state index in [-0.39, 0.29) is 0 Å². The van der Waals surface area contributed by atoms with Gasteiger partial charge in [0.2, 0.25) is 0 Å². The number of rotatable bonds is 2. The molecule has 0 bridgehead atoms. The summed E-state index contributed by atoms with van der Waals surface area (Å²) in [7, 11) is 0. The Kier molecular flexibility index (Phi) is 2.28. The molecular weight excluding hydrogens is 202 g/mol. The predicted octanol–water partition coefficient (Wildman–Crippen LogP) is 1.73. The van der Waals surface area contributed by atoms with Gasteiger partial charge in [-0.2, -0.15) is 5.10 Å². The Balaban J connectivity index is 2.38. The number of hydrogen-bond acceptors (Lipinski definition) is 3. The zero-order valence-electron chi connectivity index (χ0n) is 7.09. The van der Waals surface area contributed by atoms with Crippen LogP contribution in [0.15, 0.2) is 30.6 Å². The monoisotopic (exact) mass is 207 g/mol. The first-order valence-electron chi connectivity index (χ1n) is 3.92. The maximum atomic E-state index is 10.4. The van der Waals surface area contributed by atoms with Crippen molar-refractivity contribution < 1.29 is 4.79 Å². The first kappa shape index (κ1) is 8.90. The summed E-state index contributed by atoms with van der Waals surface area (Å²) < 4.78 is 1.59. The normalized spacial score (nSPS) is 10.1. The Hall–Kier alpha value is -1.68. The van der Waals surface area contributed by atoms with Gasteiger partial charge in [0.25, 0.3) is 0 Å². The number of pyridine rings is 1. The molecule has 2 aromatic rings. The summed E-state index contributed by atoms with van der Waals surface area (Å²) in [6.45, 7) is 0. The van der Waals surface area contributed by atoms with Gasteiger partial charge in [0, 0.05) is 6.20 Å². The maximum absolute atomic E-state index is 10.4. The standard InChI is InChI=1S/C9H6ClN3O/c10-9-3-4-13(12-9)8-2-1-7(6-14)11-5-8/h1-6H. The molecule has 0 saturated heterocycles. The van der Waals surface area contributed by atoms with Crippen molar-refractivity contribution in [1.82, 2.24) is 14.8 Å². The molecule has 0 saturated carbocycles. The number of carbonyl (C=O) groups is 1. The van der Waals surface area contributed by atoms with Crippen molar-refractivity contribution in [2.24, 2.45) is 0 Å². The fraction of sp³-hybridized carbons (Fsp3) is 0. The maximum Gasteiger partial charge on any atom is 0.168 e. The van der Waals surface area contributed by atoms with Gasteiger partial charge >= 0.3 is 0 Å². The van der Waals surface area contributed by atoms with Crippen LogP contribution in [0.2, 0.25) is 5.15 Å².